The molecule has 1 aromatic heterocycles. The lowest BCUT2D eigenvalue weighted by Crippen LogP contribution is -2.42. The number of cyclic esters (lactones) is 1. The molecule has 3 heterocycles. The van der Waals surface area contributed by atoms with Gasteiger partial charge in [0.2, 0.25) is 5.82 Å². The van der Waals surface area contributed by atoms with Gasteiger partial charge in [0.1, 0.15) is 18.6 Å². The third-order valence-electron chi connectivity index (χ3n) is 5.28. The van der Waals surface area contributed by atoms with Crippen molar-refractivity contribution < 1.29 is 28.6 Å². The average molecular weight is 439 g/mol. The van der Waals surface area contributed by atoms with Crippen LogP contribution in [0.5, 0.6) is 5.88 Å². The molecule has 3 aliphatic rings. The quantitative estimate of drug-likeness (QED) is 0.584. The summed E-state index contributed by atoms with van der Waals surface area (Å²) in [6.07, 6.45) is 8.02. The lowest BCUT2D eigenvalue weighted by Gasteiger charge is -2.29. The van der Waals surface area contributed by atoms with E-state index in [2.05, 4.69) is 28.7 Å². The Hall–Kier alpha value is -2.40. The second-order valence-corrected chi connectivity index (χ2v) is 13.1. The Morgan fingerprint density at radius 1 is 1.23 bits per heavy atom. The number of Topliss-reactive ketones (excluding diaryl/α,β-unsaturated/α-hetero) is 1. The number of anilines is 2. The van der Waals surface area contributed by atoms with E-state index in [0.717, 1.165) is 5.75 Å². The van der Waals surface area contributed by atoms with Crippen LogP contribution in [0.3, 0.4) is 0 Å². The van der Waals surface area contributed by atoms with E-state index in [0.29, 0.717) is 26.0 Å². The fraction of sp³-hybridized carbons (Fsp3) is 0.632. The molecule has 1 unspecified atom stereocenters. The maximum atomic E-state index is 12.4. The van der Waals surface area contributed by atoms with Crippen LogP contribution in [0.15, 0.2) is 6.20 Å². The summed E-state index contributed by atoms with van der Waals surface area (Å²) in [7, 11) is -0.699. The lowest BCUT2D eigenvalue weighted by atomic mass is 9.80. The average Bonchev–Trinajstić information content (AvgIpc) is 3.04. The number of rotatable bonds is 7. The first-order valence-electron chi connectivity index (χ1n) is 9.75. The number of carbonyl (C=O) groups is 3. The summed E-state index contributed by atoms with van der Waals surface area (Å²) < 4.78 is 16.5. The van der Waals surface area contributed by atoms with Crippen molar-refractivity contribution in [2.75, 3.05) is 60.8 Å². The van der Waals surface area contributed by atoms with E-state index in [1.54, 1.807) is 0 Å². The van der Waals surface area contributed by atoms with Gasteiger partial charge in [0.05, 0.1) is 19.3 Å². The number of carbonyl (C=O) groups excluding carboxylic acids is 3. The van der Waals surface area contributed by atoms with E-state index >= 15 is 0 Å². The number of hydrogen-bond donors (Lipinski definition) is 0. The molecule has 1 aromatic rings. The number of hydrogen-bond acceptors (Lipinski definition) is 8. The van der Waals surface area contributed by atoms with Crippen molar-refractivity contribution in [3.8, 4) is 5.88 Å². The molecule has 4 rings (SSSR count). The molecular weight excluding hydrogens is 412 g/mol. The molecule has 2 fully saturated rings. The van der Waals surface area contributed by atoms with Crippen LogP contribution in [0.2, 0.25) is 0 Å². The number of ether oxygens (including phenoxy) is 3. The molecule has 1 aliphatic carbocycles. The monoisotopic (exact) mass is 438 g/mol. The van der Waals surface area contributed by atoms with Crippen molar-refractivity contribution in [3.05, 3.63) is 6.20 Å². The minimum absolute atomic E-state index is 0.0418. The van der Waals surface area contributed by atoms with Crippen molar-refractivity contribution in [3.63, 3.8) is 0 Å². The zero-order valence-electron chi connectivity index (χ0n) is 17.3. The van der Waals surface area contributed by atoms with Gasteiger partial charge in [0.25, 0.3) is 11.8 Å². The number of fused-ring (bicyclic) bond motifs is 1. The van der Waals surface area contributed by atoms with Gasteiger partial charge in [0, 0.05) is 24.5 Å². The van der Waals surface area contributed by atoms with Crippen LogP contribution >= 0.6 is 10.0 Å². The van der Waals surface area contributed by atoms with Crippen molar-refractivity contribution in [2.24, 2.45) is 5.92 Å². The lowest BCUT2D eigenvalue weighted by molar-refractivity contribution is -0.129. The molecule has 1 saturated carbocycles. The van der Waals surface area contributed by atoms with Gasteiger partial charge in [-0.3, -0.25) is 19.4 Å². The first-order chi connectivity index (χ1) is 14.2. The molecule has 1 saturated heterocycles. The first kappa shape index (κ1) is 20.9. The normalized spacial score (nSPS) is 22.5. The first-order valence-corrected chi connectivity index (χ1v) is 12.8. The highest BCUT2D eigenvalue weighted by Gasteiger charge is 2.43. The standard InChI is InChI=1S/C19H26N4O6S/c1-30(2,3)5-4-27-11-23-16(25)10-28-18-17(23)21-15(8-20-18)22-9-14(29-19(22)26)12-6-13(24)7-12/h8,12,14H,4-7,9-11H2,1-3H3. The van der Waals surface area contributed by atoms with Crippen LogP contribution < -0.4 is 14.5 Å². The van der Waals surface area contributed by atoms with Gasteiger partial charge < -0.3 is 14.2 Å². The van der Waals surface area contributed by atoms with Crippen molar-refractivity contribution >= 4 is 39.4 Å². The maximum absolute atomic E-state index is 12.4. The summed E-state index contributed by atoms with van der Waals surface area (Å²) in [6.45, 7) is 0.731. The largest absolute Gasteiger partial charge is 0.465 e. The summed E-state index contributed by atoms with van der Waals surface area (Å²) in [6, 6.07) is 0. The van der Waals surface area contributed by atoms with Crippen LogP contribution in [0.25, 0.3) is 0 Å². The second-order valence-electron chi connectivity index (χ2n) is 8.54. The Kier molecular flexibility index (Phi) is 5.58. The number of amides is 2. The zero-order valence-corrected chi connectivity index (χ0v) is 18.1. The van der Waals surface area contributed by atoms with Crippen molar-refractivity contribution in [1.29, 1.82) is 0 Å². The highest BCUT2D eigenvalue weighted by Crippen LogP contribution is 2.36. The summed E-state index contributed by atoms with van der Waals surface area (Å²) >= 11 is 0. The molecular formula is C19H26N4O6S. The minimum Gasteiger partial charge on any atom is -0.465 e. The highest BCUT2D eigenvalue weighted by atomic mass is 32.3. The summed E-state index contributed by atoms with van der Waals surface area (Å²) in [5.74, 6) is 1.59. The fourth-order valence-corrected chi connectivity index (χ4v) is 4.01. The SMILES string of the molecule is CS(C)(C)CCOCN1C(=O)COc2ncc(N3CC(C4CC(=O)C4)OC3=O)nc21. The van der Waals surface area contributed by atoms with Gasteiger partial charge >= 0.3 is 6.09 Å². The molecule has 1 atom stereocenters. The predicted molar refractivity (Wildman–Crippen MR) is 111 cm³/mol. The Labute approximate surface area is 176 Å². The Morgan fingerprint density at radius 3 is 2.70 bits per heavy atom. The smallest absolute Gasteiger partial charge is 0.416 e. The van der Waals surface area contributed by atoms with Gasteiger partial charge in [-0.25, -0.2) is 24.8 Å². The number of nitrogens with zero attached hydrogens (tertiary/aromatic N) is 4. The summed E-state index contributed by atoms with van der Waals surface area (Å²) in [5.41, 5.74) is 0. The molecule has 0 spiro atoms. The molecule has 0 radical (unpaired) electrons. The van der Waals surface area contributed by atoms with Crippen LogP contribution in [0.1, 0.15) is 12.8 Å². The van der Waals surface area contributed by atoms with Crippen LogP contribution in [-0.4, -0.2) is 84.9 Å². The molecule has 0 bridgehead atoms. The molecule has 0 aromatic carbocycles. The molecule has 2 amide bonds. The highest BCUT2D eigenvalue weighted by molar-refractivity contribution is 8.32. The fourth-order valence-electron chi connectivity index (χ4n) is 3.40. The Morgan fingerprint density at radius 2 is 2.00 bits per heavy atom. The van der Waals surface area contributed by atoms with E-state index in [1.807, 2.05) is 0 Å². The molecule has 2 aliphatic heterocycles. The predicted octanol–water partition coefficient (Wildman–Crippen LogP) is 1.17. The zero-order chi connectivity index (χ0) is 21.5. The molecule has 30 heavy (non-hydrogen) atoms. The second kappa shape index (κ2) is 8.03. The summed E-state index contributed by atoms with van der Waals surface area (Å²) in [5, 5.41) is 0. The molecule has 0 N–H and O–H groups in total. The summed E-state index contributed by atoms with van der Waals surface area (Å²) in [4.78, 5) is 47.4. The third kappa shape index (κ3) is 4.36. The number of aromatic nitrogens is 2. The van der Waals surface area contributed by atoms with E-state index in [-0.39, 0.29) is 54.6 Å². The van der Waals surface area contributed by atoms with E-state index < -0.39 is 16.1 Å². The molecule has 10 nitrogen and oxygen atoms in total. The Balaban J connectivity index is 1.47. The van der Waals surface area contributed by atoms with Gasteiger partial charge in [0.15, 0.2) is 12.4 Å². The molecule has 11 heteroatoms. The van der Waals surface area contributed by atoms with Gasteiger partial charge in [-0.2, -0.15) is 0 Å². The third-order valence-corrected chi connectivity index (χ3v) is 6.67. The van der Waals surface area contributed by atoms with E-state index in [9.17, 15) is 14.4 Å². The Bertz CT molecular complexity index is 865. The molecule has 164 valence electrons. The van der Waals surface area contributed by atoms with Gasteiger partial charge in [-0.05, 0) is 18.8 Å². The van der Waals surface area contributed by atoms with E-state index in [4.69, 9.17) is 14.2 Å². The maximum Gasteiger partial charge on any atom is 0.416 e. The van der Waals surface area contributed by atoms with Crippen LogP contribution in [-0.2, 0) is 19.1 Å². The topological polar surface area (TPSA) is 111 Å². The van der Waals surface area contributed by atoms with Gasteiger partial charge in [-0.15, -0.1) is 0 Å². The van der Waals surface area contributed by atoms with Crippen molar-refractivity contribution in [2.45, 2.75) is 18.9 Å². The van der Waals surface area contributed by atoms with Crippen molar-refractivity contribution in [1.82, 2.24) is 9.97 Å². The van der Waals surface area contributed by atoms with Gasteiger partial charge in [-0.1, -0.05) is 0 Å². The minimum atomic E-state index is -0.699. The van der Waals surface area contributed by atoms with Crippen LogP contribution in [0.4, 0.5) is 16.4 Å². The van der Waals surface area contributed by atoms with Crippen LogP contribution in [0, 0.1) is 5.92 Å². The van der Waals surface area contributed by atoms with E-state index in [1.165, 1.54) is 16.0 Å². The number of ketones is 1.